The van der Waals surface area contributed by atoms with Crippen molar-refractivity contribution in [1.29, 1.82) is 0 Å². The molecule has 2 aromatic carbocycles. The van der Waals surface area contributed by atoms with Gasteiger partial charge in [0.25, 0.3) is 0 Å². The summed E-state index contributed by atoms with van der Waals surface area (Å²) in [5.74, 6) is 0.908. The van der Waals surface area contributed by atoms with Crippen LogP contribution in [0, 0.1) is 13.8 Å². The molecule has 0 unspecified atom stereocenters. The molecule has 0 spiro atoms. The highest BCUT2D eigenvalue weighted by Crippen LogP contribution is 2.34. The van der Waals surface area contributed by atoms with Gasteiger partial charge in [0.15, 0.2) is 14.9 Å². The Bertz CT molecular complexity index is 1590. The van der Waals surface area contributed by atoms with Gasteiger partial charge < -0.3 is 0 Å². The number of thioether (sulfide) groups is 1. The van der Waals surface area contributed by atoms with E-state index in [4.69, 9.17) is 0 Å². The van der Waals surface area contributed by atoms with E-state index in [1.165, 1.54) is 49.1 Å². The van der Waals surface area contributed by atoms with Gasteiger partial charge in [0.05, 0.1) is 11.1 Å². The van der Waals surface area contributed by atoms with E-state index in [2.05, 4.69) is 19.9 Å². The summed E-state index contributed by atoms with van der Waals surface area (Å²) in [6.45, 7) is 3.31. The predicted octanol–water partition coefficient (Wildman–Crippen LogP) is 7.07. The van der Waals surface area contributed by atoms with E-state index in [1.54, 1.807) is 13.1 Å². The lowest BCUT2D eigenvalue weighted by atomic mass is 10.1. The first kappa shape index (κ1) is 31.0. The predicted molar refractivity (Wildman–Crippen MR) is 139 cm³/mol. The fourth-order valence-corrected chi connectivity index (χ4v) is 4.89. The summed E-state index contributed by atoms with van der Waals surface area (Å²) in [6.07, 6.45) is -2.97. The first-order valence-electron chi connectivity index (χ1n) is 11.3. The molecule has 14 heteroatoms. The Morgan fingerprint density at radius 2 is 1.07 bits per heavy atom. The van der Waals surface area contributed by atoms with Crippen molar-refractivity contribution >= 4 is 21.6 Å². The van der Waals surface area contributed by atoms with Gasteiger partial charge in [-0.3, -0.25) is 0 Å². The first-order valence-corrected chi connectivity index (χ1v) is 14.4. The van der Waals surface area contributed by atoms with Crippen LogP contribution >= 0.6 is 11.8 Å². The second-order valence-corrected chi connectivity index (χ2v) is 11.1. The Hall–Kier alpha value is -3.52. The molecule has 2 heterocycles. The van der Waals surface area contributed by atoms with Crippen LogP contribution in [0.25, 0.3) is 22.3 Å². The van der Waals surface area contributed by atoms with Gasteiger partial charge in [0.2, 0.25) is 0 Å². The van der Waals surface area contributed by atoms with E-state index in [9.17, 15) is 34.8 Å². The molecule has 0 saturated heterocycles. The van der Waals surface area contributed by atoms with Crippen LogP contribution < -0.4 is 0 Å². The van der Waals surface area contributed by atoms with E-state index in [0.29, 0.717) is 17.0 Å². The highest BCUT2D eigenvalue weighted by Gasteiger charge is 2.31. The Kier molecular flexibility index (Phi) is 9.24. The van der Waals surface area contributed by atoms with Crippen molar-refractivity contribution < 1.29 is 34.8 Å². The molecule has 0 aliphatic heterocycles. The molecule has 0 saturated carbocycles. The molecule has 0 bridgehead atoms. The van der Waals surface area contributed by atoms with Crippen molar-refractivity contribution in [1.82, 2.24) is 19.9 Å². The molecule has 6 nitrogen and oxygen atoms in total. The third-order valence-corrected chi connectivity index (χ3v) is 7.05. The summed E-state index contributed by atoms with van der Waals surface area (Å²) < 4.78 is 98.5. The zero-order valence-corrected chi connectivity index (χ0v) is 23.1. The molecule has 0 N–H and O–H groups in total. The zero-order valence-electron chi connectivity index (χ0n) is 21.5. The largest absolute Gasteiger partial charge is 0.416 e. The number of aromatic nitrogens is 4. The normalized spacial score (nSPS) is 12.1. The highest BCUT2D eigenvalue weighted by atomic mass is 32.2. The molecule has 0 aliphatic carbocycles. The van der Waals surface area contributed by atoms with Crippen LogP contribution in [0.5, 0.6) is 0 Å². The van der Waals surface area contributed by atoms with E-state index in [-0.39, 0.29) is 16.4 Å². The van der Waals surface area contributed by atoms with Gasteiger partial charge >= 0.3 is 12.4 Å². The number of aryl methyl sites for hydroxylation is 2. The number of sulfone groups is 1. The lowest BCUT2D eigenvalue weighted by Crippen LogP contribution is -2.07. The average Bonchev–Trinajstić information content (AvgIpc) is 2.87. The van der Waals surface area contributed by atoms with Gasteiger partial charge in [-0.25, -0.2) is 28.4 Å². The minimum absolute atomic E-state index is 0.178. The SMILES string of the molecule is CSc1nc(C)ncc1-c1ccc(C(F)(F)F)cc1.Cc1ncc(-c2ccc(C(F)(F)F)cc2)c(S(C)(=O)=O)n1. The summed E-state index contributed by atoms with van der Waals surface area (Å²) in [5, 5.41) is 0.557. The minimum atomic E-state index is -4.44. The number of halogens is 6. The fraction of sp³-hybridized carbons (Fsp3) is 0.231. The van der Waals surface area contributed by atoms with Crippen LogP contribution in [-0.4, -0.2) is 40.9 Å². The molecule has 0 amide bonds. The van der Waals surface area contributed by atoms with Gasteiger partial charge in [-0.2, -0.15) is 26.3 Å². The van der Waals surface area contributed by atoms with Crippen LogP contribution in [-0.2, 0) is 22.2 Å². The Morgan fingerprint density at radius 1 is 0.675 bits per heavy atom. The summed E-state index contributed by atoms with van der Waals surface area (Å²) in [5.41, 5.74) is 0.444. The lowest BCUT2D eigenvalue weighted by molar-refractivity contribution is -0.138. The molecular weight excluding hydrogens is 578 g/mol. The maximum Gasteiger partial charge on any atom is 0.416 e. The molecule has 0 aliphatic rings. The Morgan fingerprint density at radius 3 is 1.48 bits per heavy atom. The number of hydrogen-bond donors (Lipinski definition) is 0. The Labute approximate surface area is 230 Å². The topological polar surface area (TPSA) is 85.7 Å². The number of alkyl halides is 6. The Balaban J connectivity index is 0.000000222. The quantitative estimate of drug-likeness (QED) is 0.141. The van der Waals surface area contributed by atoms with Crippen LogP contribution in [0.15, 0.2) is 71.0 Å². The first-order chi connectivity index (χ1) is 18.5. The van der Waals surface area contributed by atoms with Crippen molar-refractivity contribution in [3.63, 3.8) is 0 Å². The van der Waals surface area contributed by atoms with Gasteiger partial charge in [-0.1, -0.05) is 24.3 Å². The maximum atomic E-state index is 12.5. The summed E-state index contributed by atoms with van der Waals surface area (Å²) in [6, 6.07) is 9.20. The average molecular weight is 601 g/mol. The zero-order chi connectivity index (χ0) is 29.9. The van der Waals surface area contributed by atoms with Gasteiger partial charge in [-0.15, -0.1) is 11.8 Å². The molecule has 4 rings (SSSR count). The van der Waals surface area contributed by atoms with E-state index in [1.807, 2.05) is 6.26 Å². The number of nitrogens with zero attached hydrogens (tertiary/aromatic N) is 4. The molecular formula is C26H22F6N4O2S2. The molecule has 0 atom stereocenters. The van der Waals surface area contributed by atoms with Crippen molar-refractivity contribution in [3.8, 4) is 22.3 Å². The number of rotatable bonds is 4. The van der Waals surface area contributed by atoms with Gasteiger partial charge in [0.1, 0.15) is 16.7 Å². The van der Waals surface area contributed by atoms with Crippen molar-refractivity contribution in [2.75, 3.05) is 12.5 Å². The minimum Gasteiger partial charge on any atom is -0.241 e. The number of hydrogen-bond acceptors (Lipinski definition) is 7. The van der Waals surface area contributed by atoms with Crippen LogP contribution in [0.2, 0.25) is 0 Å². The monoisotopic (exact) mass is 600 g/mol. The maximum absolute atomic E-state index is 12.5. The van der Waals surface area contributed by atoms with Crippen LogP contribution in [0.1, 0.15) is 22.8 Å². The number of benzene rings is 2. The lowest BCUT2D eigenvalue weighted by Gasteiger charge is -2.10. The standard InChI is InChI=1S/C13H11F3N2O2S.C13H11F3N2S/c1-8-17-7-11(12(18-8)21(2,19)20)9-3-5-10(6-4-9)13(14,15)16;1-8-17-7-11(12(18-8)19-2)9-3-5-10(6-4-9)13(14,15)16/h3-7H,1-2H3;3-7H,1-2H3. The molecule has 0 radical (unpaired) electrons. The third-order valence-electron chi connectivity index (χ3n) is 5.34. The molecule has 212 valence electrons. The summed E-state index contributed by atoms with van der Waals surface area (Å²) >= 11 is 1.44. The summed E-state index contributed by atoms with van der Waals surface area (Å²) in [7, 11) is -3.62. The van der Waals surface area contributed by atoms with Crippen molar-refractivity contribution in [3.05, 3.63) is 83.7 Å². The van der Waals surface area contributed by atoms with E-state index < -0.39 is 33.3 Å². The van der Waals surface area contributed by atoms with Gasteiger partial charge in [0, 0.05) is 29.8 Å². The smallest absolute Gasteiger partial charge is 0.241 e. The second kappa shape index (κ2) is 11.9. The van der Waals surface area contributed by atoms with Crippen molar-refractivity contribution in [2.24, 2.45) is 0 Å². The molecule has 4 aromatic rings. The fourth-order valence-electron chi connectivity index (χ4n) is 3.41. The second-order valence-electron chi connectivity index (χ2n) is 8.40. The highest BCUT2D eigenvalue weighted by molar-refractivity contribution is 7.98. The van der Waals surface area contributed by atoms with E-state index in [0.717, 1.165) is 41.1 Å². The summed E-state index contributed by atoms with van der Waals surface area (Å²) in [4.78, 5) is 16.1. The third kappa shape index (κ3) is 7.78. The molecule has 2 aromatic heterocycles. The van der Waals surface area contributed by atoms with E-state index >= 15 is 0 Å². The van der Waals surface area contributed by atoms with Crippen LogP contribution in [0.3, 0.4) is 0 Å². The van der Waals surface area contributed by atoms with Crippen LogP contribution in [0.4, 0.5) is 26.3 Å². The molecule has 0 fully saturated rings. The molecule has 40 heavy (non-hydrogen) atoms. The van der Waals surface area contributed by atoms with Gasteiger partial charge in [-0.05, 0) is 55.5 Å². The van der Waals surface area contributed by atoms with Crippen molar-refractivity contribution in [2.45, 2.75) is 36.3 Å².